The molecule has 1 aliphatic carbocycles. The van der Waals surface area contributed by atoms with E-state index < -0.39 is 0 Å². The van der Waals surface area contributed by atoms with Crippen LogP contribution in [0.2, 0.25) is 5.02 Å². The van der Waals surface area contributed by atoms with Crippen LogP contribution < -0.4 is 5.32 Å². The minimum Gasteiger partial charge on any atom is -0.354 e. The van der Waals surface area contributed by atoms with Crippen LogP contribution >= 0.6 is 11.6 Å². The molecule has 1 N–H and O–H groups in total. The van der Waals surface area contributed by atoms with E-state index in [1.165, 1.54) is 0 Å². The normalized spacial score (nSPS) is 20.1. The van der Waals surface area contributed by atoms with Gasteiger partial charge < -0.3 is 5.32 Å². The Hall–Kier alpha value is -2.45. The highest BCUT2D eigenvalue weighted by Crippen LogP contribution is 2.52. The molecule has 2 atom stereocenters. The fraction of sp³-hybridized carbons (Fsp3) is 0.455. The molecule has 146 valence electrons. The highest BCUT2D eigenvalue weighted by molar-refractivity contribution is 6.30. The van der Waals surface area contributed by atoms with E-state index in [1.54, 1.807) is 13.1 Å². The third kappa shape index (κ3) is 4.34. The lowest BCUT2D eigenvalue weighted by atomic mass is 9.52. The van der Waals surface area contributed by atoms with Crippen molar-refractivity contribution in [2.75, 3.05) is 11.9 Å². The Morgan fingerprint density at radius 1 is 1.43 bits per heavy atom. The lowest BCUT2D eigenvalue weighted by Gasteiger charge is -2.51. The van der Waals surface area contributed by atoms with Gasteiger partial charge in [0.05, 0.1) is 17.5 Å². The SMILES string of the molecule is CC(=O)[C@@H]1C[C@@H](Cc2nc(NCCc3cccc(Cl)c3)ncc2C#N)C1(C)C. The molecule has 1 fully saturated rings. The van der Waals surface area contributed by atoms with Crippen molar-refractivity contribution in [3.8, 4) is 6.07 Å². The van der Waals surface area contributed by atoms with Gasteiger partial charge in [-0.2, -0.15) is 5.26 Å². The van der Waals surface area contributed by atoms with Gasteiger partial charge in [0, 0.05) is 17.5 Å². The van der Waals surface area contributed by atoms with Crippen LogP contribution in [0.4, 0.5) is 5.95 Å². The minimum atomic E-state index is -0.0658. The average molecular weight is 397 g/mol. The van der Waals surface area contributed by atoms with Gasteiger partial charge in [-0.05, 0) is 55.2 Å². The number of aromatic nitrogens is 2. The molecule has 3 rings (SSSR count). The van der Waals surface area contributed by atoms with Crippen molar-refractivity contribution < 1.29 is 4.79 Å². The van der Waals surface area contributed by atoms with E-state index in [0.29, 0.717) is 30.4 Å². The molecule has 28 heavy (non-hydrogen) atoms. The van der Waals surface area contributed by atoms with Crippen LogP contribution in [-0.2, 0) is 17.6 Å². The smallest absolute Gasteiger partial charge is 0.222 e. The van der Waals surface area contributed by atoms with E-state index >= 15 is 0 Å². The third-order valence-electron chi connectivity index (χ3n) is 5.97. The maximum atomic E-state index is 11.8. The first-order valence-corrected chi connectivity index (χ1v) is 9.94. The molecule has 0 radical (unpaired) electrons. The van der Waals surface area contributed by atoms with Gasteiger partial charge in [0.2, 0.25) is 5.95 Å². The quantitative estimate of drug-likeness (QED) is 0.747. The van der Waals surface area contributed by atoms with Crippen molar-refractivity contribution in [3.05, 3.63) is 52.3 Å². The Kier molecular flexibility index (Phi) is 6.00. The summed E-state index contributed by atoms with van der Waals surface area (Å²) < 4.78 is 0. The molecule has 1 heterocycles. The largest absolute Gasteiger partial charge is 0.354 e. The van der Waals surface area contributed by atoms with Crippen LogP contribution in [0.5, 0.6) is 0 Å². The standard InChI is InChI=1S/C22H25ClN4O/c1-14(28)19-10-17(22(19,2)3)11-20-16(12-24)13-26-21(27-20)25-8-7-15-5-4-6-18(23)9-15/h4-6,9,13,17,19H,7-8,10-11H2,1-3H3,(H,25,26,27)/t17-,19-/m0/s1. The van der Waals surface area contributed by atoms with Crippen LogP contribution in [0.25, 0.3) is 0 Å². The predicted molar refractivity (Wildman–Crippen MR) is 110 cm³/mol. The molecule has 0 aliphatic heterocycles. The number of hydrogen-bond acceptors (Lipinski definition) is 5. The molecule has 1 aromatic heterocycles. The minimum absolute atomic E-state index is 0.0658. The van der Waals surface area contributed by atoms with Crippen LogP contribution in [-0.4, -0.2) is 22.3 Å². The van der Waals surface area contributed by atoms with Crippen LogP contribution in [0.1, 0.15) is 44.0 Å². The van der Waals surface area contributed by atoms with Crippen LogP contribution in [0.15, 0.2) is 30.5 Å². The fourth-order valence-corrected chi connectivity index (χ4v) is 4.26. The first kappa shape index (κ1) is 20.3. The molecule has 5 nitrogen and oxygen atoms in total. The number of benzene rings is 1. The Morgan fingerprint density at radius 2 is 2.21 bits per heavy atom. The zero-order valence-electron chi connectivity index (χ0n) is 16.5. The third-order valence-corrected chi connectivity index (χ3v) is 6.21. The second-order valence-corrected chi connectivity index (χ2v) is 8.53. The molecule has 1 saturated carbocycles. The Bertz CT molecular complexity index is 919. The number of nitriles is 1. The summed E-state index contributed by atoms with van der Waals surface area (Å²) in [6.45, 7) is 6.60. The van der Waals surface area contributed by atoms with Gasteiger partial charge >= 0.3 is 0 Å². The first-order chi connectivity index (χ1) is 13.3. The molecule has 2 aromatic rings. The van der Waals surface area contributed by atoms with Gasteiger partial charge in [-0.3, -0.25) is 4.79 Å². The van der Waals surface area contributed by atoms with Crippen molar-refractivity contribution in [2.24, 2.45) is 17.3 Å². The van der Waals surface area contributed by atoms with Crippen LogP contribution in [0.3, 0.4) is 0 Å². The highest BCUT2D eigenvalue weighted by atomic mass is 35.5. The van der Waals surface area contributed by atoms with Crippen molar-refractivity contribution in [1.82, 2.24) is 9.97 Å². The summed E-state index contributed by atoms with van der Waals surface area (Å²) >= 11 is 6.02. The molecule has 0 spiro atoms. The van der Waals surface area contributed by atoms with Gasteiger partial charge in [0.25, 0.3) is 0 Å². The molecule has 0 saturated heterocycles. The zero-order chi connectivity index (χ0) is 20.3. The second kappa shape index (κ2) is 8.28. The monoisotopic (exact) mass is 396 g/mol. The second-order valence-electron chi connectivity index (χ2n) is 8.09. The summed E-state index contributed by atoms with van der Waals surface area (Å²) in [6.07, 6.45) is 3.92. The summed E-state index contributed by atoms with van der Waals surface area (Å²) in [5.41, 5.74) is 2.33. The van der Waals surface area contributed by atoms with E-state index in [1.807, 2.05) is 24.3 Å². The number of ketones is 1. The van der Waals surface area contributed by atoms with Gasteiger partial charge in [-0.25, -0.2) is 9.97 Å². The molecule has 0 amide bonds. The molecule has 0 bridgehead atoms. The Labute approximate surface area is 171 Å². The predicted octanol–water partition coefficient (Wildman–Crippen LogP) is 4.45. The lowest BCUT2D eigenvalue weighted by Crippen LogP contribution is -2.49. The number of Topliss-reactive ketones (excluding diaryl/α,β-unsaturated/α-hetero) is 1. The number of hydrogen-bond donors (Lipinski definition) is 1. The number of rotatable bonds is 7. The number of carbonyl (C=O) groups is 1. The maximum Gasteiger partial charge on any atom is 0.222 e. The summed E-state index contributed by atoms with van der Waals surface area (Å²) in [6, 6.07) is 9.95. The Morgan fingerprint density at radius 3 is 2.86 bits per heavy atom. The van der Waals surface area contributed by atoms with E-state index in [4.69, 9.17) is 11.6 Å². The van der Waals surface area contributed by atoms with E-state index in [0.717, 1.165) is 29.1 Å². The van der Waals surface area contributed by atoms with Crippen molar-refractivity contribution in [3.63, 3.8) is 0 Å². The van der Waals surface area contributed by atoms with E-state index in [9.17, 15) is 10.1 Å². The van der Waals surface area contributed by atoms with E-state index in [-0.39, 0.29) is 17.1 Å². The number of carbonyl (C=O) groups excluding carboxylic acids is 1. The molecule has 6 heteroatoms. The Balaban J connectivity index is 1.65. The van der Waals surface area contributed by atoms with Gasteiger partial charge in [0.15, 0.2) is 0 Å². The van der Waals surface area contributed by atoms with Crippen molar-refractivity contribution >= 4 is 23.3 Å². The molecular formula is C22H25ClN4O. The summed E-state index contributed by atoms with van der Waals surface area (Å²) in [7, 11) is 0. The number of anilines is 1. The highest BCUT2D eigenvalue weighted by Gasteiger charge is 2.50. The van der Waals surface area contributed by atoms with Crippen LogP contribution in [0, 0.1) is 28.6 Å². The van der Waals surface area contributed by atoms with Gasteiger partial charge in [0.1, 0.15) is 11.9 Å². The molecule has 1 aromatic carbocycles. The maximum absolute atomic E-state index is 11.8. The van der Waals surface area contributed by atoms with E-state index in [2.05, 4.69) is 35.2 Å². The summed E-state index contributed by atoms with van der Waals surface area (Å²) in [5.74, 6) is 1.20. The number of halogens is 1. The lowest BCUT2D eigenvalue weighted by molar-refractivity contribution is -0.136. The van der Waals surface area contributed by atoms with Gasteiger partial charge in [-0.1, -0.05) is 37.6 Å². The molecule has 0 unspecified atom stereocenters. The van der Waals surface area contributed by atoms with Gasteiger partial charge in [-0.15, -0.1) is 0 Å². The first-order valence-electron chi connectivity index (χ1n) is 9.56. The molecular weight excluding hydrogens is 372 g/mol. The number of nitrogens with one attached hydrogen (secondary N) is 1. The summed E-state index contributed by atoms with van der Waals surface area (Å²) in [5, 5.41) is 13.4. The fourth-order valence-electron chi connectivity index (χ4n) is 4.05. The summed E-state index contributed by atoms with van der Waals surface area (Å²) in [4.78, 5) is 20.6. The zero-order valence-corrected chi connectivity index (χ0v) is 17.3. The average Bonchev–Trinajstić information content (AvgIpc) is 2.64. The van der Waals surface area contributed by atoms with Crippen molar-refractivity contribution in [1.29, 1.82) is 5.26 Å². The topological polar surface area (TPSA) is 78.7 Å². The number of nitrogens with zero attached hydrogens (tertiary/aromatic N) is 3. The molecule has 1 aliphatic rings. The van der Waals surface area contributed by atoms with Crippen molar-refractivity contribution in [2.45, 2.75) is 40.0 Å².